The molecule has 0 bridgehead atoms. The van der Waals surface area contributed by atoms with Gasteiger partial charge in [0.15, 0.2) is 14.7 Å². The summed E-state index contributed by atoms with van der Waals surface area (Å²) in [6.07, 6.45) is 13.1. The van der Waals surface area contributed by atoms with Crippen molar-refractivity contribution in [1.82, 2.24) is 0 Å². The topological polar surface area (TPSA) is 40.1 Å². The summed E-state index contributed by atoms with van der Waals surface area (Å²) in [5.74, 6) is 0.218. The lowest BCUT2D eigenvalue weighted by Gasteiger charge is -2.22. The normalized spacial score (nSPS) is 17.7. The van der Waals surface area contributed by atoms with Gasteiger partial charge in [0.2, 0.25) is 0 Å². The van der Waals surface area contributed by atoms with Crippen LogP contribution in [0, 0.1) is 0 Å². The zero-order valence-electron chi connectivity index (χ0n) is 19.9. The first kappa shape index (κ1) is 23.2. The van der Waals surface area contributed by atoms with E-state index in [0.29, 0.717) is 17.4 Å². The lowest BCUT2D eigenvalue weighted by Crippen LogP contribution is -2.25. The van der Waals surface area contributed by atoms with Crippen LogP contribution in [0.15, 0.2) is 87.5 Å². The van der Waals surface area contributed by atoms with Gasteiger partial charge in [-0.1, -0.05) is 74.9 Å². The zero-order chi connectivity index (χ0) is 23.3. The first-order valence-corrected chi connectivity index (χ1v) is 14.2. The lowest BCUT2D eigenvalue weighted by atomic mass is 9.84. The fraction of sp³-hybridized carbons (Fsp3) is 0.387. The van der Waals surface area contributed by atoms with Crippen molar-refractivity contribution in [1.29, 1.82) is 0 Å². The van der Waals surface area contributed by atoms with E-state index in [9.17, 15) is 9.90 Å². The van der Waals surface area contributed by atoms with Crippen LogP contribution in [0.2, 0.25) is 0 Å². The summed E-state index contributed by atoms with van der Waals surface area (Å²) < 4.78 is 0. The third-order valence-corrected chi connectivity index (χ3v) is 9.99. The van der Waals surface area contributed by atoms with Crippen molar-refractivity contribution in [2.75, 3.05) is 0 Å². The predicted octanol–water partition coefficient (Wildman–Crippen LogP) is 7.24. The van der Waals surface area contributed by atoms with E-state index >= 15 is 0 Å². The first-order valence-electron chi connectivity index (χ1n) is 13.0. The highest BCUT2D eigenvalue weighted by Crippen LogP contribution is 2.38. The average Bonchev–Trinajstić information content (AvgIpc) is 2.91. The van der Waals surface area contributed by atoms with E-state index in [1.54, 1.807) is 12.1 Å². The second-order valence-corrected chi connectivity index (χ2v) is 11.9. The molecule has 0 aromatic heterocycles. The van der Waals surface area contributed by atoms with Crippen LogP contribution >= 0.6 is 0 Å². The van der Waals surface area contributed by atoms with Crippen molar-refractivity contribution in [3.63, 3.8) is 0 Å². The van der Waals surface area contributed by atoms with E-state index in [2.05, 4.69) is 48.5 Å². The monoisotopic (exact) mass is 470 g/mol. The van der Waals surface area contributed by atoms with Gasteiger partial charge in [-0.25, -0.2) is 0 Å². The van der Waals surface area contributed by atoms with Gasteiger partial charge in [-0.05, 0) is 85.0 Å². The molecule has 0 aliphatic heterocycles. The molecule has 3 heteroatoms. The van der Waals surface area contributed by atoms with Crippen molar-refractivity contribution in [2.24, 2.45) is 0 Å². The van der Waals surface area contributed by atoms with Crippen molar-refractivity contribution in [3.8, 4) is 0 Å². The molecule has 5 rings (SSSR count). The van der Waals surface area contributed by atoms with Gasteiger partial charge < -0.3 is 9.90 Å². The van der Waals surface area contributed by atoms with Crippen LogP contribution in [0.3, 0.4) is 0 Å². The fourth-order valence-electron chi connectivity index (χ4n) is 5.83. The van der Waals surface area contributed by atoms with Crippen molar-refractivity contribution in [2.45, 2.75) is 90.7 Å². The second-order valence-electron chi connectivity index (χ2n) is 9.90. The maximum Gasteiger partial charge on any atom is 0.175 e. The summed E-state index contributed by atoms with van der Waals surface area (Å²) in [5.41, 5.74) is 3.14. The summed E-state index contributed by atoms with van der Waals surface area (Å²) in [6, 6.07) is 25.4. The van der Waals surface area contributed by atoms with Gasteiger partial charge in [0, 0.05) is 0 Å². The minimum atomic E-state index is -1.11. The Hall–Kier alpha value is -2.52. The summed E-state index contributed by atoms with van der Waals surface area (Å²) in [5, 5.41) is 12.0. The predicted molar refractivity (Wildman–Crippen MR) is 137 cm³/mol. The maximum absolute atomic E-state index is 12.0. The molecule has 2 aliphatic rings. The molecule has 0 radical (unpaired) electrons. The number of hydrogen-bond acceptors (Lipinski definition) is 2. The smallest absolute Gasteiger partial charge is 0.175 e. The molecule has 0 N–H and O–H groups in total. The van der Waals surface area contributed by atoms with Gasteiger partial charge in [0.1, 0.15) is 0 Å². The average molecular weight is 471 g/mol. The standard InChI is InChI=1S/C31H34O2S/c32-31(33)29-13-7-8-14-30(29)34(27-19-15-25(16-20-27)23-9-3-1-4-10-23)28-21-17-26(18-22-28)24-11-5-2-6-12-24/h7-8,13-24H,1-6,9-12H2. The van der Waals surface area contributed by atoms with Crippen molar-refractivity contribution < 1.29 is 9.90 Å². The highest BCUT2D eigenvalue weighted by molar-refractivity contribution is 7.97. The van der Waals surface area contributed by atoms with E-state index in [0.717, 1.165) is 4.90 Å². The SMILES string of the molecule is O=C([O-])c1ccccc1[S+](c1ccc(C2CCCCC2)cc1)c1ccc(C2CCCCC2)cc1. The van der Waals surface area contributed by atoms with Gasteiger partial charge in [-0.2, -0.15) is 0 Å². The number of carboxylic acids is 1. The molecular weight excluding hydrogens is 436 g/mol. The Bertz CT molecular complexity index is 1030. The number of hydrogen-bond donors (Lipinski definition) is 0. The second kappa shape index (κ2) is 10.8. The third-order valence-electron chi connectivity index (χ3n) is 7.71. The molecule has 2 aliphatic carbocycles. The van der Waals surface area contributed by atoms with Crippen LogP contribution < -0.4 is 5.11 Å². The molecule has 34 heavy (non-hydrogen) atoms. The van der Waals surface area contributed by atoms with E-state index in [1.807, 2.05) is 12.1 Å². The molecule has 0 spiro atoms. The van der Waals surface area contributed by atoms with Crippen LogP contribution in [0.1, 0.15) is 97.5 Å². The first-order chi connectivity index (χ1) is 16.7. The van der Waals surface area contributed by atoms with E-state index < -0.39 is 16.9 Å². The molecule has 176 valence electrons. The van der Waals surface area contributed by atoms with E-state index in [4.69, 9.17) is 0 Å². The van der Waals surface area contributed by atoms with Gasteiger partial charge in [-0.3, -0.25) is 0 Å². The van der Waals surface area contributed by atoms with E-state index in [-0.39, 0.29) is 0 Å². The number of carbonyl (C=O) groups is 1. The number of aromatic carboxylic acids is 1. The van der Waals surface area contributed by atoms with Gasteiger partial charge >= 0.3 is 0 Å². The summed E-state index contributed by atoms with van der Waals surface area (Å²) in [7, 11) is -0.494. The molecule has 0 saturated heterocycles. The summed E-state index contributed by atoms with van der Waals surface area (Å²) >= 11 is 0. The third kappa shape index (κ3) is 5.10. The number of benzene rings is 3. The Balaban J connectivity index is 1.51. The molecular formula is C31H34O2S. The van der Waals surface area contributed by atoms with Gasteiger partial charge in [0.25, 0.3) is 0 Å². The van der Waals surface area contributed by atoms with Crippen LogP contribution in [-0.4, -0.2) is 5.97 Å². The molecule has 0 heterocycles. The Kier molecular flexibility index (Phi) is 7.39. The summed E-state index contributed by atoms with van der Waals surface area (Å²) in [6.45, 7) is 0. The lowest BCUT2D eigenvalue weighted by molar-refractivity contribution is -0.255. The molecule has 0 atom stereocenters. The fourth-order valence-corrected chi connectivity index (χ4v) is 8.01. The van der Waals surface area contributed by atoms with E-state index in [1.165, 1.54) is 85.1 Å². The maximum atomic E-state index is 12.0. The van der Waals surface area contributed by atoms with Crippen LogP contribution in [-0.2, 0) is 10.9 Å². The minimum absolute atomic E-state index is 0.290. The van der Waals surface area contributed by atoms with Crippen molar-refractivity contribution in [3.05, 3.63) is 89.5 Å². The van der Waals surface area contributed by atoms with Crippen LogP contribution in [0.25, 0.3) is 0 Å². The number of carbonyl (C=O) groups excluding carboxylic acids is 1. The highest BCUT2D eigenvalue weighted by atomic mass is 32.2. The Morgan fingerprint density at radius 1 is 0.618 bits per heavy atom. The Labute approximate surface area is 206 Å². The minimum Gasteiger partial charge on any atom is -0.545 e. The van der Waals surface area contributed by atoms with Gasteiger partial charge in [-0.15, -0.1) is 0 Å². The molecule has 2 fully saturated rings. The number of rotatable bonds is 6. The van der Waals surface area contributed by atoms with Gasteiger partial charge in [0.05, 0.1) is 22.4 Å². The molecule has 3 aromatic rings. The highest BCUT2D eigenvalue weighted by Gasteiger charge is 2.32. The largest absolute Gasteiger partial charge is 0.545 e. The van der Waals surface area contributed by atoms with Crippen LogP contribution in [0.4, 0.5) is 0 Å². The Morgan fingerprint density at radius 2 is 1.06 bits per heavy atom. The molecule has 3 aromatic carbocycles. The quantitative estimate of drug-likeness (QED) is 0.356. The van der Waals surface area contributed by atoms with Crippen molar-refractivity contribution >= 4 is 16.9 Å². The zero-order valence-corrected chi connectivity index (χ0v) is 20.7. The molecule has 2 saturated carbocycles. The molecule has 2 nitrogen and oxygen atoms in total. The Morgan fingerprint density at radius 3 is 1.50 bits per heavy atom. The molecule has 0 amide bonds. The summed E-state index contributed by atoms with van der Waals surface area (Å²) in [4.78, 5) is 15.2. The van der Waals surface area contributed by atoms with Crippen LogP contribution in [0.5, 0.6) is 0 Å². The molecule has 0 unspecified atom stereocenters. The number of carboxylic acid groups (broad SMARTS) is 1.